The lowest BCUT2D eigenvalue weighted by Crippen LogP contribution is -2.18. The van der Waals surface area contributed by atoms with E-state index in [4.69, 9.17) is 23.2 Å². The minimum atomic E-state index is -0.228. The van der Waals surface area contributed by atoms with Crippen LogP contribution in [0.4, 0.5) is 5.69 Å². The van der Waals surface area contributed by atoms with Crippen molar-refractivity contribution in [3.8, 4) is 0 Å². The first-order valence-corrected chi connectivity index (χ1v) is 8.62. The molecule has 23 heavy (non-hydrogen) atoms. The zero-order valence-corrected chi connectivity index (χ0v) is 14.9. The van der Waals surface area contributed by atoms with Crippen LogP contribution in [0.25, 0.3) is 0 Å². The van der Waals surface area contributed by atoms with Crippen LogP contribution in [0.15, 0.2) is 28.2 Å². The molecular formula is C15H15Cl2N3O2S. The number of halogens is 2. The van der Waals surface area contributed by atoms with Crippen molar-refractivity contribution >= 4 is 46.6 Å². The summed E-state index contributed by atoms with van der Waals surface area (Å²) in [6.07, 6.45) is 0.622. The zero-order chi connectivity index (χ0) is 17.0. The number of benzene rings is 1. The third-order valence-electron chi connectivity index (χ3n) is 3.10. The van der Waals surface area contributed by atoms with E-state index in [2.05, 4.69) is 15.3 Å². The lowest BCUT2D eigenvalue weighted by atomic mass is 10.2. The van der Waals surface area contributed by atoms with Crippen LogP contribution < -0.4 is 10.9 Å². The number of aromatic amines is 1. The molecule has 122 valence electrons. The predicted octanol–water partition coefficient (Wildman–Crippen LogP) is 3.68. The molecule has 0 atom stereocenters. The van der Waals surface area contributed by atoms with Crippen LogP contribution in [0.5, 0.6) is 0 Å². The van der Waals surface area contributed by atoms with E-state index in [1.165, 1.54) is 0 Å². The number of hydrogen-bond acceptors (Lipinski definition) is 4. The van der Waals surface area contributed by atoms with Crippen LogP contribution in [-0.2, 0) is 11.2 Å². The number of aryl methyl sites for hydroxylation is 1. The van der Waals surface area contributed by atoms with E-state index in [1.807, 2.05) is 6.92 Å². The van der Waals surface area contributed by atoms with E-state index in [9.17, 15) is 9.59 Å². The van der Waals surface area contributed by atoms with Crippen LogP contribution in [0.1, 0.15) is 18.2 Å². The largest absolute Gasteiger partial charge is 0.325 e. The molecule has 1 heterocycles. The van der Waals surface area contributed by atoms with Crippen LogP contribution in [0.2, 0.25) is 10.0 Å². The van der Waals surface area contributed by atoms with Crippen molar-refractivity contribution in [1.82, 2.24) is 9.97 Å². The highest BCUT2D eigenvalue weighted by molar-refractivity contribution is 7.99. The molecule has 2 rings (SSSR count). The summed E-state index contributed by atoms with van der Waals surface area (Å²) in [6.45, 7) is 3.69. The number of hydrogen-bond donors (Lipinski definition) is 2. The minimum Gasteiger partial charge on any atom is -0.325 e. The van der Waals surface area contributed by atoms with Gasteiger partial charge in [0.2, 0.25) is 5.91 Å². The number of nitrogens with one attached hydrogen (secondary N) is 2. The van der Waals surface area contributed by atoms with Gasteiger partial charge < -0.3 is 10.3 Å². The van der Waals surface area contributed by atoms with Gasteiger partial charge in [-0.3, -0.25) is 9.59 Å². The second-order valence-electron chi connectivity index (χ2n) is 4.75. The Morgan fingerprint density at radius 3 is 2.70 bits per heavy atom. The monoisotopic (exact) mass is 371 g/mol. The topological polar surface area (TPSA) is 74.8 Å². The van der Waals surface area contributed by atoms with E-state index < -0.39 is 0 Å². The SMILES string of the molecule is CCc1c(C)nc(SCC(=O)Nc2ccc(Cl)c(Cl)c2)[nH]c1=O. The maximum absolute atomic E-state index is 11.9. The smallest absolute Gasteiger partial charge is 0.254 e. The minimum absolute atomic E-state index is 0.119. The number of carbonyl (C=O) groups is 1. The van der Waals surface area contributed by atoms with Crippen LogP contribution >= 0.6 is 35.0 Å². The van der Waals surface area contributed by atoms with E-state index in [1.54, 1.807) is 25.1 Å². The van der Waals surface area contributed by atoms with Gasteiger partial charge in [-0.25, -0.2) is 4.98 Å². The molecule has 0 bridgehead atoms. The molecule has 1 amide bonds. The summed E-state index contributed by atoms with van der Waals surface area (Å²) in [7, 11) is 0. The van der Waals surface area contributed by atoms with Crippen LogP contribution in [-0.4, -0.2) is 21.6 Å². The first-order chi connectivity index (χ1) is 10.9. The molecule has 0 unspecified atom stereocenters. The summed E-state index contributed by atoms with van der Waals surface area (Å²) in [5, 5.41) is 3.93. The van der Waals surface area contributed by atoms with Gasteiger partial charge in [0.1, 0.15) is 0 Å². The average Bonchev–Trinajstić information content (AvgIpc) is 2.49. The normalized spacial score (nSPS) is 10.6. The molecule has 0 radical (unpaired) electrons. The Morgan fingerprint density at radius 2 is 2.09 bits per heavy atom. The third-order valence-corrected chi connectivity index (χ3v) is 4.71. The van der Waals surface area contributed by atoms with Gasteiger partial charge in [-0.2, -0.15) is 0 Å². The van der Waals surface area contributed by atoms with Crippen LogP contribution in [0.3, 0.4) is 0 Å². The molecule has 1 aromatic heterocycles. The Kier molecular flexibility index (Phi) is 6.10. The number of aromatic nitrogens is 2. The summed E-state index contributed by atoms with van der Waals surface area (Å²) in [6, 6.07) is 4.85. The van der Waals surface area contributed by atoms with Gasteiger partial charge >= 0.3 is 0 Å². The maximum atomic E-state index is 11.9. The highest BCUT2D eigenvalue weighted by Gasteiger charge is 2.10. The second kappa shape index (κ2) is 7.86. The van der Waals surface area contributed by atoms with Crippen molar-refractivity contribution in [2.24, 2.45) is 0 Å². The molecule has 0 saturated carbocycles. The van der Waals surface area contributed by atoms with Crippen molar-refractivity contribution in [3.63, 3.8) is 0 Å². The number of anilines is 1. The Balaban J connectivity index is 1.99. The Bertz CT molecular complexity index is 793. The summed E-state index contributed by atoms with van der Waals surface area (Å²) in [5.74, 6) is -0.109. The zero-order valence-electron chi connectivity index (χ0n) is 12.6. The van der Waals surface area contributed by atoms with Gasteiger partial charge in [-0.15, -0.1) is 0 Å². The third kappa shape index (κ3) is 4.73. The quantitative estimate of drug-likeness (QED) is 0.620. The molecule has 0 aliphatic heterocycles. The van der Waals surface area contributed by atoms with Crippen LogP contribution in [0, 0.1) is 6.92 Å². The fourth-order valence-electron chi connectivity index (χ4n) is 1.97. The molecule has 0 aliphatic carbocycles. The van der Waals surface area contributed by atoms with E-state index in [-0.39, 0.29) is 17.2 Å². The van der Waals surface area contributed by atoms with Gasteiger partial charge in [0.05, 0.1) is 15.8 Å². The summed E-state index contributed by atoms with van der Waals surface area (Å²) in [4.78, 5) is 30.8. The number of rotatable bonds is 5. The fourth-order valence-corrected chi connectivity index (χ4v) is 2.98. The Hall–Kier alpha value is -1.50. The summed E-state index contributed by atoms with van der Waals surface area (Å²) >= 11 is 12.9. The molecule has 0 spiro atoms. The van der Waals surface area contributed by atoms with Crippen molar-refractivity contribution in [2.45, 2.75) is 25.4 Å². The van der Waals surface area contributed by atoms with Gasteiger partial charge in [-0.1, -0.05) is 41.9 Å². The molecule has 5 nitrogen and oxygen atoms in total. The fraction of sp³-hybridized carbons (Fsp3) is 0.267. The van der Waals surface area contributed by atoms with E-state index >= 15 is 0 Å². The lowest BCUT2D eigenvalue weighted by Gasteiger charge is -2.07. The van der Waals surface area contributed by atoms with Crippen molar-refractivity contribution in [1.29, 1.82) is 0 Å². The number of carbonyl (C=O) groups excluding carboxylic acids is 1. The van der Waals surface area contributed by atoms with Crippen molar-refractivity contribution < 1.29 is 4.79 Å². The lowest BCUT2D eigenvalue weighted by molar-refractivity contribution is -0.113. The molecule has 0 aliphatic rings. The van der Waals surface area contributed by atoms with Gasteiger partial charge in [0.25, 0.3) is 5.56 Å². The van der Waals surface area contributed by atoms with E-state index in [0.717, 1.165) is 11.8 Å². The maximum Gasteiger partial charge on any atom is 0.254 e. The highest BCUT2D eigenvalue weighted by atomic mass is 35.5. The Labute approximate surface area is 147 Å². The first kappa shape index (κ1) is 17.8. The molecule has 2 N–H and O–H groups in total. The van der Waals surface area contributed by atoms with Gasteiger partial charge in [-0.05, 0) is 31.5 Å². The Morgan fingerprint density at radius 1 is 1.35 bits per heavy atom. The highest BCUT2D eigenvalue weighted by Crippen LogP contribution is 2.25. The van der Waals surface area contributed by atoms with Gasteiger partial charge in [0, 0.05) is 16.9 Å². The first-order valence-electron chi connectivity index (χ1n) is 6.88. The summed E-state index contributed by atoms with van der Waals surface area (Å²) in [5.41, 5.74) is 1.75. The number of amides is 1. The standard InChI is InChI=1S/C15H15Cl2N3O2S/c1-3-10-8(2)18-15(20-14(10)22)23-7-13(21)19-9-4-5-11(16)12(17)6-9/h4-6H,3,7H2,1-2H3,(H,19,21)(H,18,20,22). The summed E-state index contributed by atoms with van der Waals surface area (Å²) < 4.78 is 0. The molecule has 0 saturated heterocycles. The second-order valence-corrected chi connectivity index (χ2v) is 6.53. The van der Waals surface area contributed by atoms with E-state index in [0.29, 0.717) is 38.6 Å². The molecule has 1 aromatic carbocycles. The molecular weight excluding hydrogens is 357 g/mol. The average molecular weight is 372 g/mol. The number of H-pyrrole nitrogens is 1. The predicted molar refractivity (Wildman–Crippen MR) is 94.8 cm³/mol. The number of thioether (sulfide) groups is 1. The van der Waals surface area contributed by atoms with Gasteiger partial charge in [0.15, 0.2) is 5.16 Å². The van der Waals surface area contributed by atoms with Crippen molar-refractivity contribution in [2.75, 3.05) is 11.1 Å². The molecule has 0 fully saturated rings. The van der Waals surface area contributed by atoms with Crippen molar-refractivity contribution in [3.05, 3.63) is 49.9 Å². The molecule has 2 aromatic rings. The molecule has 8 heteroatoms. The number of nitrogens with zero attached hydrogens (tertiary/aromatic N) is 1.